The molecule has 2 aromatic heterocycles. The molecule has 2 aliphatic carbocycles. The Bertz CT molecular complexity index is 1340. The van der Waals surface area contributed by atoms with Crippen LogP contribution in [-0.2, 0) is 29.4 Å². The molecule has 3 N–H and O–H groups in total. The van der Waals surface area contributed by atoms with Crippen LogP contribution in [0.3, 0.4) is 0 Å². The molecule has 0 radical (unpaired) electrons. The second-order valence-electron chi connectivity index (χ2n) is 8.55. The molecule has 3 aromatic rings. The summed E-state index contributed by atoms with van der Waals surface area (Å²) in [7, 11) is -3.28. The maximum absolute atomic E-state index is 14.3. The van der Waals surface area contributed by atoms with Crippen molar-refractivity contribution in [2.24, 2.45) is 0 Å². The fourth-order valence-electron chi connectivity index (χ4n) is 4.29. The van der Waals surface area contributed by atoms with Gasteiger partial charge in [0.15, 0.2) is 17.0 Å². The number of nitrogens with one attached hydrogen (secondary N) is 1. The van der Waals surface area contributed by atoms with Gasteiger partial charge in [-0.3, -0.25) is 0 Å². The van der Waals surface area contributed by atoms with E-state index in [2.05, 4.69) is 42.3 Å². The minimum Gasteiger partial charge on any atom is -0.382 e. The van der Waals surface area contributed by atoms with Crippen LogP contribution in [0.4, 0.5) is 14.6 Å². The Morgan fingerprint density at radius 1 is 1.21 bits per heavy atom. The van der Waals surface area contributed by atoms with Gasteiger partial charge < -0.3 is 10.3 Å². The lowest BCUT2D eigenvalue weighted by Gasteiger charge is -2.12. The average Bonchev–Trinajstić information content (AvgIpc) is 3.49. The molecule has 2 aliphatic rings. The molecule has 0 aliphatic heterocycles. The molecular weight excluding hydrogens is 565 g/mol. The molecule has 1 unspecified atom stereocenters. The SMILES string of the molecule is Nc1nc(F)nc2c1nc(Cc1cc3c(cc1I)CCC3F)n2CCCNS(=O)(=O)C1CC1. The van der Waals surface area contributed by atoms with Crippen LogP contribution in [0.5, 0.6) is 0 Å². The summed E-state index contributed by atoms with van der Waals surface area (Å²) in [6, 6.07) is 3.90. The number of alkyl halides is 1. The number of benzene rings is 1. The molecule has 0 bridgehead atoms. The number of nitrogens with two attached hydrogens (primary N) is 1. The molecule has 0 spiro atoms. The third kappa shape index (κ3) is 4.56. The highest BCUT2D eigenvalue weighted by molar-refractivity contribution is 14.1. The maximum Gasteiger partial charge on any atom is 0.312 e. The molecule has 12 heteroatoms. The van der Waals surface area contributed by atoms with Gasteiger partial charge in [-0.25, -0.2) is 22.5 Å². The van der Waals surface area contributed by atoms with Gasteiger partial charge >= 0.3 is 6.08 Å². The quantitative estimate of drug-likeness (QED) is 0.237. The van der Waals surface area contributed by atoms with Crippen molar-refractivity contribution in [3.63, 3.8) is 0 Å². The van der Waals surface area contributed by atoms with Crippen LogP contribution in [0.25, 0.3) is 11.2 Å². The number of nitrogen functional groups attached to an aromatic ring is 1. The van der Waals surface area contributed by atoms with Crippen molar-refractivity contribution in [2.75, 3.05) is 12.3 Å². The van der Waals surface area contributed by atoms with E-state index in [1.807, 2.05) is 12.1 Å². The predicted molar refractivity (Wildman–Crippen MR) is 128 cm³/mol. The largest absolute Gasteiger partial charge is 0.382 e. The fourth-order valence-corrected chi connectivity index (χ4v) is 6.43. The average molecular weight is 588 g/mol. The Kier molecular flexibility index (Phi) is 6.02. The van der Waals surface area contributed by atoms with Gasteiger partial charge in [0.05, 0.1) is 5.25 Å². The Balaban J connectivity index is 1.44. The number of aromatic nitrogens is 4. The zero-order chi connectivity index (χ0) is 23.3. The Morgan fingerprint density at radius 3 is 2.76 bits per heavy atom. The summed E-state index contributed by atoms with van der Waals surface area (Å²) in [4.78, 5) is 12.1. The molecule has 1 fully saturated rings. The Morgan fingerprint density at radius 2 is 2.00 bits per heavy atom. The summed E-state index contributed by atoms with van der Waals surface area (Å²) in [6.45, 7) is 0.614. The van der Waals surface area contributed by atoms with Gasteiger partial charge in [-0.2, -0.15) is 14.4 Å². The summed E-state index contributed by atoms with van der Waals surface area (Å²) < 4.78 is 57.8. The lowest BCUT2D eigenvalue weighted by Crippen LogP contribution is -2.28. The van der Waals surface area contributed by atoms with Crippen LogP contribution < -0.4 is 10.5 Å². The normalized spacial score (nSPS) is 18.2. The number of anilines is 1. The number of hydrogen-bond donors (Lipinski definition) is 2. The number of nitrogens with zero attached hydrogens (tertiary/aromatic N) is 4. The molecule has 1 saturated carbocycles. The second kappa shape index (κ2) is 8.69. The van der Waals surface area contributed by atoms with Crippen LogP contribution in [0, 0.1) is 9.65 Å². The van der Waals surface area contributed by atoms with Gasteiger partial charge in [0.1, 0.15) is 12.0 Å². The van der Waals surface area contributed by atoms with Gasteiger partial charge in [0, 0.05) is 23.1 Å². The van der Waals surface area contributed by atoms with E-state index in [-0.39, 0.29) is 23.3 Å². The van der Waals surface area contributed by atoms with E-state index in [0.29, 0.717) is 55.6 Å². The van der Waals surface area contributed by atoms with E-state index in [1.54, 1.807) is 4.57 Å². The highest BCUT2D eigenvalue weighted by Gasteiger charge is 2.35. The minimum absolute atomic E-state index is 0.0561. The molecule has 1 aromatic carbocycles. The fraction of sp³-hybridized carbons (Fsp3) is 0.476. The topological polar surface area (TPSA) is 116 Å². The number of rotatable bonds is 8. The monoisotopic (exact) mass is 588 g/mol. The van der Waals surface area contributed by atoms with Gasteiger partial charge in [0.25, 0.3) is 0 Å². The van der Waals surface area contributed by atoms with Crippen molar-refractivity contribution < 1.29 is 17.2 Å². The van der Waals surface area contributed by atoms with Crippen LogP contribution in [0.2, 0.25) is 0 Å². The van der Waals surface area contributed by atoms with Crippen LogP contribution in [0.15, 0.2) is 12.1 Å². The first kappa shape index (κ1) is 22.8. The summed E-state index contributed by atoms with van der Waals surface area (Å²) in [5.74, 6) is 0.535. The summed E-state index contributed by atoms with van der Waals surface area (Å²) >= 11 is 2.24. The van der Waals surface area contributed by atoms with E-state index in [4.69, 9.17) is 5.73 Å². The number of hydrogen-bond acceptors (Lipinski definition) is 6. The minimum atomic E-state index is -3.28. The zero-order valence-electron chi connectivity index (χ0n) is 17.7. The lowest BCUT2D eigenvalue weighted by molar-refractivity contribution is 0.343. The van der Waals surface area contributed by atoms with Crippen molar-refractivity contribution in [2.45, 2.75) is 56.5 Å². The van der Waals surface area contributed by atoms with Crippen LogP contribution in [-0.4, -0.2) is 39.7 Å². The van der Waals surface area contributed by atoms with E-state index in [9.17, 15) is 17.2 Å². The zero-order valence-corrected chi connectivity index (χ0v) is 20.7. The van der Waals surface area contributed by atoms with Crippen molar-refractivity contribution >= 4 is 49.6 Å². The van der Waals surface area contributed by atoms with E-state index >= 15 is 0 Å². The van der Waals surface area contributed by atoms with E-state index in [0.717, 1.165) is 21.1 Å². The summed E-state index contributed by atoms with van der Waals surface area (Å²) in [5, 5.41) is -0.287. The first-order chi connectivity index (χ1) is 15.7. The standard InChI is InChI=1S/C21H23F2IN6O2S/c22-15-5-2-11-9-16(24)12(8-14(11)15)10-17-27-18-19(25)28-21(23)29-20(18)30(17)7-1-6-26-33(31,32)13-3-4-13/h8-9,13,15,26H,1-7,10H2,(H2,25,28,29). The molecule has 0 amide bonds. The molecule has 5 rings (SSSR count). The highest BCUT2D eigenvalue weighted by atomic mass is 127. The van der Waals surface area contributed by atoms with Crippen molar-refractivity contribution in [3.8, 4) is 0 Å². The number of sulfonamides is 1. The van der Waals surface area contributed by atoms with Gasteiger partial charge in [-0.15, -0.1) is 0 Å². The van der Waals surface area contributed by atoms with Gasteiger partial charge in [0.2, 0.25) is 10.0 Å². The molecule has 33 heavy (non-hydrogen) atoms. The molecule has 1 atom stereocenters. The maximum atomic E-state index is 14.3. The van der Waals surface area contributed by atoms with Crippen molar-refractivity contribution in [1.82, 2.24) is 24.2 Å². The molecule has 8 nitrogen and oxygen atoms in total. The van der Waals surface area contributed by atoms with Crippen LogP contribution in [0.1, 0.15) is 54.4 Å². The van der Waals surface area contributed by atoms with Crippen molar-refractivity contribution in [1.29, 1.82) is 0 Å². The second-order valence-corrected chi connectivity index (χ2v) is 11.8. The highest BCUT2D eigenvalue weighted by Crippen LogP contribution is 2.37. The molecular formula is C21H23F2IN6O2S. The van der Waals surface area contributed by atoms with E-state index < -0.39 is 22.3 Å². The van der Waals surface area contributed by atoms with Crippen molar-refractivity contribution in [3.05, 3.63) is 44.3 Å². The predicted octanol–water partition coefficient (Wildman–Crippen LogP) is 3.17. The van der Waals surface area contributed by atoms with E-state index in [1.165, 1.54) is 0 Å². The molecule has 0 saturated heterocycles. The van der Waals surface area contributed by atoms with Gasteiger partial charge in [-0.1, -0.05) is 6.07 Å². The third-order valence-corrected chi connectivity index (χ3v) is 9.12. The Hall–Kier alpha value is -1.93. The van der Waals surface area contributed by atoms with Crippen LogP contribution >= 0.6 is 22.6 Å². The number of halogens is 3. The smallest absolute Gasteiger partial charge is 0.312 e. The third-order valence-electron chi connectivity index (χ3n) is 6.16. The lowest BCUT2D eigenvalue weighted by atomic mass is 10.0. The molecule has 2 heterocycles. The number of aryl methyl sites for hydroxylation is 2. The van der Waals surface area contributed by atoms with Gasteiger partial charge in [-0.05, 0) is 77.5 Å². The first-order valence-electron chi connectivity index (χ1n) is 10.8. The summed E-state index contributed by atoms with van der Waals surface area (Å²) in [6.07, 6.45) is 1.54. The summed E-state index contributed by atoms with van der Waals surface area (Å²) in [5.41, 5.74) is 9.12. The number of fused-ring (bicyclic) bond motifs is 2. The first-order valence-corrected chi connectivity index (χ1v) is 13.5. The Labute approximate surface area is 203 Å². The number of imidazole rings is 1. The molecule has 176 valence electrons.